The molecule has 1 aromatic carbocycles. The van der Waals surface area contributed by atoms with Gasteiger partial charge in [-0.25, -0.2) is 4.39 Å². The Bertz CT molecular complexity index is 626. The Morgan fingerprint density at radius 1 is 1.41 bits per heavy atom. The number of halogens is 1. The Balaban J connectivity index is 1.85. The average molecular weight is 302 g/mol. The molecule has 1 saturated carbocycles. The number of carbonyl (C=O) groups is 1. The number of fused-ring (bicyclic) bond motifs is 1. The molecule has 1 heterocycles. The van der Waals surface area contributed by atoms with E-state index in [0.29, 0.717) is 24.4 Å². The van der Waals surface area contributed by atoms with Crippen LogP contribution in [0.5, 0.6) is 0 Å². The highest BCUT2D eigenvalue weighted by molar-refractivity contribution is 5.74. The Kier molecular flexibility index (Phi) is 4.12. The fourth-order valence-electron chi connectivity index (χ4n) is 3.96. The first-order valence-corrected chi connectivity index (χ1v) is 7.77. The molecule has 4 nitrogen and oxygen atoms in total. The van der Waals surface area contributed by atoms with E-state index in [1.54, 1.807) is 12.1 Å². The normalized spacial score (nSPS) is 28.1. The molecule has 1 N–H and O–H groups in total. The molecule has 22 heavy (non-hydrogen) atoms. The third-order valence-electron chi connectivity index (χ3n) is 5.04. The minimum atomic E-state index is -0.816. The van der Waals surface area contributed by atoms with Gasteiger partial charge in [-0.1, -0.05) is 18.9 Å². The predicted molar refractivity (Wildman–Crippen MR) is 78.4 cm³/mol. The van der Waals surface area contributed by atoms with Crippen molar-refractivity contribution in [2.45, 2.75) is 50.7 Å². The highest BCUT2D eigenvalue weighted by Crippen LogP contribution is 2.40. The largest absolute Gasteiger partial charge is 0.480 e. The number of aliphatic carboxylic acids is 1. The van der Waals surface area contributed by atoms with Crippen LogP contribution in [-0.4, -0.2) is 28.1 Å². The second-order valence-corrected chi connectivity index (χ2v) is 6.29. The Morgan fingerprint density at radius 2 is 2.18 bits per heavy atom. The molecule has 1 aliphatic carbocycles. The Labute approximate surface area is 129 Å². The third kappa shape index (κ3) is 2.71. The van der Waals surface area contributed by atoms with Gasteiger partial charge < -0.3 is 5.11 Å². The Hall–Kier alpha value is -1.93. The van der Waals surface area contributed by atoms with Crippen molar-refractivity contribution >= 4 is 5.97 Å². The number of hydrogen-bond acceptors (Lipinski definition) is 3. The van der Waals surface area contributed by atoms with Crippen molar-refractivity contribution in [2.75, 3.05) is 0 Å². The molecule has 0 radical (unpaired) electrons. The lowest BCUT2D eigenvalue weighted by molar-refractivity contribution is -0.142. The summed E-state index contributed by atoms with van der Waals surface area (Å²) in [4.78, 5) is 13.5. The quantitative estimate of drug-likeness (QED) is 0.932. The monoisotopic (exact) mass is 302 g/mol. The maximum Gasteiger partial charge on any atom is 0.320 e. The number of hydrogen-bond donors (Lipinski definition) is 1. The molecule has 3 unspecified atom stereocenters. The summed E-state index contributed by atoms with van der Waals surface area (Å²) in [6.07, 6.45) is 5.00. The van der Waals surface area contributed by atoms with Crippen molar-refractivity contribution in [1.29, 1.82) is 5.26 Å². The highest BCUT2D eigenvalue weighted by atomic mass is 19.1. The molecular weight excluding hydrogens is 283 g/mol. The fourth-order valence-corrected chi connectivity index (χ4v) is 3.96. The van der Waals surface area contributed by atoms with E-state index in [4.69, 9.17) is 5.26 Å². The summed E-state index contributed by atoms with van der Waals surface area (Å²) >= 11 is 0. The minimum absolute atomic E-state index is 0.241. The molecule has 1 aromatic rings. The van der Waals surface area contributed by atoms with E-state index in [0.717, 1.165) is 25.7 Å². The molecule has 1 aliphatic heterocycles. The topological polar surface area (TPSA) is 64.3 Å². The zero-order valence-corrected chi connectivity index (χ0v) is 12.3. The van der Waals surface area contributed by atoms with Crippen molar-refractivity contribution < 1.29 is 14.3 Å². The van der Waals surface area contributed by atoms with Crippen molar-refractivity contribution in [3.05, 3.63) is 35.1 Å². The fraction of sp³-hybridized carbons (Fsp3) is 0.529. The summed E-state index contributed by atoms with van der Waals surface area (Å²) in [5, 5.41) is 18.3. The molecule has 0 spiro atoms. The van der Waals surface area contributed by atoms with Crippen LogP contribution in [0.15, 0.2) is 18.2 Å². The molecular formula is C17H19FN2O2. The summed E-state index contributed by atoms with van der Waals surface area (Å²) in [6.45, 7) is 0.301. The standard InChI is InChI=1S/C17H19FN2O2/c18-14-7-11(9-19)5-6-13(14)10-20-15-4-2-1-3-12(15)8-16(20)17(21)22/h5-7,12,15-16H,1-4,8,10H2,(H,21,22). The molecule has 2 aliphatic rings. The van der Waals surface area contributed by atoms with Gasteiger partial charge >= 0.3 is 5.97 Å². The van der Waals surface area contributed by atoms with E-state index in [2.05, 4.69) is 0 Å². The molecule has 0 aromatic heterocycles. The predicted octanol–water partition coefficient (Wildman–Crippen LogP) is 2.92. The van der Waals surface area contributed by atoms with Crippen LogP contribution in [0, 0.1) is 23.1 Å². The number of nitrogens with zero attached hydrogens (tertiary/aromatic N) is 2. The summed E-state index contributed by atoms with van der Waals surface area (Å²) in [5.41, 5.74) is 0.754. The molecule has 3 atom stereocenters. The number of carboxylic acids is 1. The first-order valence-electron chi connectivity index (χ1n) is 7.77. The average Bonchev–Trinajstić information content (AvgIpc) is 2.88. The van der Waals surface area contributed by atoms with Crippen molar-refractivity contribution in [2.24, 2.45) is 5.92 Å². The van der Waals surface area contributed by atoms with Gasteiger partial charge in [0.2, 0.25) is 0 Å². The van der Waals surface area contributed by atoms with Crippen LogP contribution in [0.2, 0.25) is 0 Å². The Morgan fingerprint density at radius 3 is 2.86 bits per heavy atom. The van der Waals surface area contributed by atoms with Crippen LogP contribution in [0.4, 0.5) is 4.39 Å². The summed E-state index contributed by atoms with van der Waals surface area (Å²) in [6, 6.07) is 6.04. The van der Waals surface area contributed by atoms with Gasteiger partial charge in [-0.2, -0.15) is 5.26 Å². The maximum atomic E-state index is 14.1. The highest BCUT2D eigenvalue weighted by Gasteiger charge is 2.45. The van der Waals surface area contributed by atoms with E-state index in [1.807, 2.05) is 11.0 Å². The van der Waals surface area contributed by atoms with Crippen LogP contribution in [0.1, 0.15) is 43.2 Å². The lowest BCUT2D eigenvalue weighted by atomic mass is 9.84. The molecule has 116 valence electrons. The first kappa shape index (κ1) is 15.0. The van der Waals surface area contributed by atoms with Crippen LogP contribution >= 0.6 is 0 Å². The number of likely N-dealkylation sites (tertiary alicyclic amines) is 1. The molecule has 5 heteroatoms. The van der Waals surface area contributed by atoms with Gasteiger partial charge in [0.1, 0.15) is 11.9 Å². The van der Waals surface area contributed by atoms with Crippen molar-refractivity contribution in [1.82, 2.24) is 4.90 Å². The SMILES string of the molecule is N#Cc1ccc(CN2C(C(=O)O)CC3CCCCC32)c(F)c1. The van der Waals surface area contributed by atoms with Crippen LogP contribution in [-0.2, 0) is 11.3 Å². The zero-order chi connectivity index (χ0) is 15.7. The number of benzene rings is 1. The summed E-state index contributed by atoms with van der Waals surface area (Å²) in [7, 11) is 0. The molecule has 2 fully saturated rings. The summed E-state index contributed by atoms with van der Waals surface area (Å²) < 4.78 is 14.1. The number of carboxylic acid groups (broad SMARTS) is 1. The van der Waals surface area contributed by atoms with Gasteiger partial charge in [0, 0.05) is 18.2 Å². The molecule has 0 bridgehead atoms. The number of rotatable bonds is 3. The van der Waals surface area contributed by atoms with E-state index < -0.39 is 17.8 Å². The summed E-state index contributed by atoms with van der Waals surface area (Å²) in [5.74, 6) is -0.831. The van der Waals surface area contributed by atoms with E-state index in [-0.39, 0.29) is 11.6 Å². The maximum absolute atomic E-state index is 14.1. The van der Waals surface area contributed by atoms with E-state index in [1.165, 1.54) is 6.07 Å². The van der Waals surface area contributed by atoms with Crippen LogP contribution < -0.4 is 0 Å². The van der Waals surface area contributed by atoms with Crippen molar-refractivity contribution in [3.63, 3.8) is 0 Å². The first-order chi connectivity index (χ1) is 10.6. The lowest BCUT2D eigenvalue weighted by Gasteiger charge is -2.33. The lowest BCUT2D eigenvalue weighted by Crippen LogP contribution is -2.41. The van der Waals surface area contributed by atoms with E-state index in [9.17, 15) is 14.3 Å². The van der Waals surface area contributed by atoms with Crippen LogP contribution in [0.25, 0.3) is 0 Å². The van der Waals surface area contributed by atoms with Crippen molar-refractivity contribution in [3.8, 4) is 6.07 Å². The van der Waals surface area contributed by atoms with Gasteiger partial charge in [0.25, 0.3) is 0 Å². The van der Waals surface area contributed by atoms with Gasteiger partial charge in [-0.3, -0.25) is 9.69 Å². The van der Waals surface area contributed by atoms with E-state index >= 15 is 0 Å². The zero-order valence-electron chi connectivity index (χ0n) is 12.3. The van der Waals surface area contributed by atoms with Gasteiger partial charge in [-0.05, 0) is 37.3 Å². The molecule has 0 amide bonds. The van der Waals surface area contributed by atoms with Gasteiger partial charge in [0.15, 0.2) is 0 Å². The molecule has 3 rings (SSSR count). The third-order valence-corrected chi connectivity index (χ3v) is 5.04. The second-order valence-electron chi connectivity index (χ2n) is 6.29. The number of nitriles is 1. The van der Waals surface area contributed by atoms with Gasteiger partial charge in [0.05, 0.1) is 11.6 Å². The van der Waals surface area contributed by atoms with Gasteiger partial charge in [-0.15, -0.1) is 0 Å². The minimum Gasteiger partial charge on any atom is -0.480 e. The smallest absolute Gasteiger partial charge is 0.320 e. The molecule has 1 saturated heterocycles. The van der Waals surface area contributed by atoms with Crippen LogP contribution in [0.3, 0.4) is 0 Å². The second kappa shape index (κ2) is 6.05.